The summed E-state index contributed by atoms with van der Waals surface area (Å²) < 4.78 is 0. The van der Waals surface area contributed by atoms with Crippen LogP contribution >= 0.6 is 23.4 Å². The maximum Gasteiger partial charge on any atom is 0.284 e. The van der Waals surface area contributed by atoms with Crippen LogP contribution in [0, 0.1) is 16.0 Å². The van der Waals surface area contributed by atoms with Gasteiger partial charge in [-0.1, -0.05) is 18.5 Å². The Labute approximate surface area is 103 Å². The molecule has 1 N–H and O–H groups in total. The molecule has 0 spiro atoms. The molecule has 16 heavy (non-hydrogen) atoms. The van der Waals surface area contributed by atoms with Gasteiger partial charge in [0.15, 0.2) is 0 Å². The van der Waals surface area contributed by atoms with Crippen molar-refractivity contribution < 1.29 is 10.0 Å². The highest BCUT2D eigenvalue weighted by molar-refractivity contribution is 7.99. The van der Waals surface area contributed by atoms with Crippen LogP contribution in [0.2, 0.25) is 5.02 Å². The minimum absolute atomic E-state index is 0.0163. The molecule has 0 saturated carbocycles. The second-order valence-electron chi connectivity index (χ2n) is 3.47. The molecule has 0 aliphatic heterocycles. The Morgan fingerprint density at radius 2 is 2.31 bits per heavy atom. The molecule has 1 rings (SSSR count). The summed E-state index contributed by atoms with van der Waals surface area (Å²) in [5.41, 5.74) is 0.0163. The largest absolute Gasteiger partial charge is 0.396 e. The van der Waals surface area contributed by atoms with Gasteiger partial charge in [0.1, 0.15) is 0 Å². The summed E-state index contributed by atoms with van der Waals surface area (Å²) in [6, 6.07) is 4.60. The number of nitro benzene ring substituents is 1. The SMILES string of the molecule is CC(CO)CSc1ccc(Cl)cc1[N+](=O)[O-]. The lowest BCUT2D eigenvalue weighted by atomic mass is 10.2. The summed E-state index contributed by atoms with van der Waals surface area (Å²) >= 11 is 7.05. The molecule has 0 amide bonds. The number of benzene rings is 1. The van der Waals surface area contributed by atoms with E-state index < -0.39 is 4.92 Å². The fourth-order valence-electron chi connectivity index (χ4n) is 1.04. The van der Waals surface area contributed by atoms with E-state index in [-0.39, 0.29) is 18.2 Å². The fraction of sp³-hybridized carbons (Fsp3) is 0.400. The molecular weight excluding hydrogens is 250 g/mol. The lowest BCUT2D eigenvalue weighted by Crippen LogP contribution is -2.03. The Bertz CT molecular complexity index is 386. The molecule has 0 aliphatic carbocycles. The second-order valence-corrected chi connectivity index (χ2v) is 4.97. The van der Waals surface area contributed by atoms with Crippen LogP contribution in [0.3, 0.4) is 0 Å². The van der Waals surface area contributed by atoms with Gasteiger partial charge in [-0.05, 0) is 18.1 Å². The quantitative estimate of drug-likeness (QED) is 0.503. The summed E-state index contributed by atoms with van der Waals surface area (Å²) in [6.07, 6.45) is 0. The molecule has 0 bridgehead atoms. The third-order valence-electron chi connectivity index (χ3n) is 1.95. The number of thioether (sulfide) groups is 1. The molecule has 0 saturated heterocycles. The van der Waals surface area contributed by atoms with Gasteiger partial charge in [-0.15, -0.1) is 11.8 Å². The molecule has 1 aromatic rings. The second kappa shape index (κ2) is 6.08. The van der Waals surface area contributed by atoms with Crippen molar-refractivity contribution in [2.24, 2.45) is 5.92 Å². The summed E-state index contributed by atoms with van der Waals surface area (Å²) in [5, 5.41) is 20.0. The number of halogens is 1. The predicted molar refractivity (Wildman–Crippen MR) is 65.1 cm³/mol. The van der Waals surface area contributed by atoms with Gasteiger partial charge in [0.25, 0.3) is 5.69 Å². The summed E-state index contributed by atoms with van der Waals surface area (Å²) in [5.74, 6) is 0.749. The molecule has 1 aromatic carbocycles. The van der Waals surface area contributed by atoms with Gasteiger partial charge < -0.3 is 5.11 Å². The number of nitro groups is 1. The van der Waals surface area contributed by atoms with Gasteiger partial charge >= 0.3 is 0 Å². The van der Waals surface area contributed by atoms with E-state index in [4.69, 9.17) is 16.7 Å². The number of aliphatic hydroxyl groups excluding tert-OH is 1. The van der Waals surface area contributed by atoms with E-state index in [2.05, 4.69) is 0 Å². The Kier molecular flexibility index (Phi) is 5.05. The lowest BCUT2D eigenvalue weighted by molar-refractivity contribution is -0.387. The van der Waals surface area contributed by atoms with Gasteiger partial charge in [-0.25, -0.2) is 0 Å². The van der Waals surface area contributed by atoms with Crippen LogP contribution in [0.1, 0.15) is 6.92 Å². The molecule has 1 atom stereocenters. The van der Waals surface area contributed by atoms with Crippen molar-refractivity contribution in [2.45, 2.75) is 11.8 Å². The van der Waals surface area contributed by atoms with Crippen LogP contribution in [0.5, 0.6) is 0 Å². The minimum atomic E-state index is -0.447. The maximum atomic E-state index is 10.8. The first-order chi connectivity index (χ1) is 7.54. The van der Waals surface area contributed by atoms with Crippen molar-refractivity contribution >= 4 is 29.1 Å². The van der Waals surface area contributed by atoms with Crippen LogP contribution in [0.4, 0.5) is 5.69 Å². The number of nitrogens with zero attached hydrogens (tertiary/aromatic N) is 1. The van der Waals surface area contributed by atoms with Crippen molar-refractivity contribution in [3.05, 3.63) is 33.3 Å². The smallest absolute Gasteiger partial charge is 0.284 e. The van der Waals surface area contributed by atoms with E-state index in [9.17, 15) is 10.1 Å². The highest BCUT2D eigenvalue weighted by Gasteiger charge is 2.15. The Hall–Kier alpha value is -0.780. The third-order valence-corrected chi connectivity index (χ3v) is 3.58. The van der Waals surface area contributed by atoms with Gasteiger partial charge in [0.2, 0.25) is 0 Å². The van der Waals surface area contributed by atoms with E-state index in [1.165, 1.54) is 17.8 Å². The zero-order valence-electron chi connectivity index (χ0n) is 8.72. The van der Waals surface area contributed by atoms with Crippen molar-refractivity contribution in [2.75, 3.05) is 12.4 Å². The summed E-state index contributed by atoms with van der Waals surface area (Å²) in [6.45, 7) is 1.96. The molecule has 0 radical (unpaired) electrons. The number of rotatable bonds is 5. The van der Waals surface area contributed by atoms with Crippen molar-refractivity contribution in [3.8, 4) is 0 Å². The predicted octanol–water partition coefficient (Wildman–Crippen LogP) is 2.97. The van der Waals surface area contributed by atoms with Gasteiger partial charge in [0, 0.05) is 23.4 Å². The van der Waals surface area contributed by atoms with E-state index in [1.807, 2.05) is 6.92 Å². The van der Waals surface area contributed by atoms with Crippen molar-refractivity contribution in [3.63, 3.8) is 0 Å². The summed E-state index contributed by atoms with van der Waals surface area (Å²) in [7, 11) is 0. The highest BCUT2D eigenvalue weighted by atomic mass is 35.5. The molecule has 1 unspecified atom stereocenters. The standard InChI is InChI=1S/C10H12ClNO3S/c1-7(5-13)6-16-10-3-2-8(11)4-9(10)12(14)15/h2-4,7,13H,5-6H2,1H3. The van der Waals surface area contributed by atoms with E-state index in [0.717, 1.165) is 0 Å². The molecule has 88 valence electrons. The van der Waals surface area contributed by atoms with Crippen LogP contribution in [0.25, 0.3) is 0 Å². The van der Waals surface area contributed by atoms with Crippen molar-refractivity contribution in [1.82, 2.24) is 0 Å². The molecule has 4 nitrogen and oxygen atoms in total. The molecule has 0 fully saturated rings. The van der Waals surface area contributed by atoms with Gasteiger partial charge in [-0.2, -0.15) is 0 Å². The molecular formula is C10H12ClNO3S. The van der Waals surface area contributed by atoms with Crippen molar-refractivity contribution in [1.29, 1.82) is 0 Å². The van der Waals surface area contributed by atoms with Crippen LogP contribution in [0.15, 0.2) is 23.1 Å². The zero-order chi connectivity index (χ0) is 12.1. The van der Waals surface area contributed by atoms with Gasteiger partial charge in [-0.3, -0.25) is 10.1 Å². The van der Waals surface area contributed by atoms with E-state index >= 15 is 0 Å². The average Bonchev–Trinajstić information content (AvgIpc) is 2.26. The monoisotopic (exact) mass is 261 g/mol. The van der Waals surface area contributed by atoms with Crippen LogP contribution in [-0.4, -0.2) is 22.4 Å². The Morgan fingerprint density at radius 3 is 2.88 bits per heavy atom. The topological polar surface area (TPSA) is 63.4 Å². The molecule has 6 heteroatoms. The molecule has 0 aromatic heterocycles. The first-order valence-corrected chi connectivity index (χ1v) is 6.08. The zero-order valence-corrected chi connectivity index (χ0v) is 10.3. The Morgan fingerprint density at radius 1 is 1.62 bits per heavy atom. The number of hydrogen-bond donors (Lipinski definition) is 1. The van der Waals surface area contributed by atoms with Gasteiger partial charge in [0.05, 0.1) is 9.82 Å². The van der Waals surface area contributed by atoms with Crippen LogP contribution < -0.4 is 0 Å². The third kappa shape index (κ3) is 3.66. The molecule has 0 heterocycles. The maximum absolute atomic E-state index is 10.8. The van der Waals surface area contributed by atoms with Crippen LogP contribution in [-0.2, 0) is 0 Å². The number of aliphatic hydroxyl groups is 1. The normalized spacial score (nSPS) is 12.4. The summed E-state index contributed by atoms with van der Waals surface area (Å²) in [4.78, 5) is 10.9. The molecule has 0 aliphatic rings. The fourth-order valence-corrected chi connectivity index (χ4v) is 2.22. The lowest BCUT2D eigenvalue weighted by Gasteiger charge is -2.07. The Balaban J connectivity index is 2.82. The minimum Gasteiger partial charge on any atom is -0.396 e. The number of hydrogen-bond acceptors (Lipinski definition) is 4. The first-order valence-electron chi connectivity index (χ1n) is 4.72. The average molecular weight is 262 g/mol. The first kappa shape index (κ1) is 13.3. The van der Waals surface area contributed by atoms with E-state index in [1.54, 1.807) is 12.1 Å². The van der Waals surface area contributed by atoms with E-state index in [0.29, 0.717) is 15.7 Å². The highest BCUT2D eigenvalue weighted by Crippen LogP contribution is 2.32.